The van der Waals surface area contributed by atoms with E-state index in [4.69, 9.17) is 12.2 Å². The summed E-state index contributed by atoms with van der Waals surface area (Å²) in [6, 6.07) is 1.99. The van der Waals surface area contributed by atoms with Crippen molar-refractivity contribution in [2.24, 2.45) is 0 Å². The molecule has 0 unspecified atom stereocenters. The fourth-order valence-corrected chi connectivity index (χ4v) is 4.60. The molecule has 1 N–H and O–H groups in total. The number of rotatable bonds is 5. The summed E-state index contributed by atoms with van der Waals surface area (Å²) in [6.07, 6.45) is 13.3. The quantitative estimate of drug-likeness (QED) is 0.661. The van der Waals surface area contributed by atoms with Gasteiger partial charge in [-0.3, -0.25) is 9.36 Å². The Morgan fingerprint density at radius 2 is 2.23 bits per heavy atom. The average molecular weight is 385 g/mol. The van der Waals surface area contributed by atoms with Crippen LogP contribution in [0.1, 0.15) is 29.8 Å². The van der Waals surface area contributed by atoms with Crippen molar-refractivity contribution in [1.29, 1.82) is 0 Å². The number of thiophene rings is 1. The lowest BCUT2D eigenvalue weighted by atomic mass is 10.1. The Hall–Kier alpha value is -2.25. The normalized spacial score (nSPS) is 14.1. The van der Waals surface area contributed by atoms with Crippen LogP contribution in [0.15, 0.2) is 41.6 Å². The number of aryl methyl sites for hydroxylation is 2. The molecule has 0 amide bonds. The van der Waals surface area contributed by atoms with Crippen LogP contribution < -0.4 is 5.56 Å². The smallest absolute Gasteiger partial charge is 0.263 e. The molecule has 0 atom stereocenters. The second-order valence-corrected chi connectivity index (χ2v) is 7.92. The molecule has 0 radical (unpaired) electrons. The largest absolute Gasteiger partial charge is 0.337 e. The van der Waals surface area contributed by atoms with E-state index in [0.717, 1.165) is 46.6 Å². The van der Waals surface area contributed by atoms with Gasteiger partial charge in [0, 0.05) is 24.2 Å². The van der Waals surface area contributed by atoms with E-state index >= 15 is 0 Å². The molecular formula is C19H20N4OS2. The van der Waals surface area contributed by atoms with Gasteiger partial charge in [0.05, 0.1) is 17.4 Å². The molecule has 3 aromatic rings. The van der Waals surface area contributed by atoms with Crippen LogP contribution in [0, 0.1) is 11.7 Å². The first-order valence-corrected chi connectivity index (χ1v) is 9.96. The molecule has 0 saturated heterocycles. The van der Waals surface area contributed by atoms with Crippen LogP contribution in [0.3, 0.4) is 0 Å². The summed E-state index contributed by atoms with van der Waals surface area (Å²) in [4.78, 5) is 22.4. The van der Waals surface area contributed by atoms with Gasteiger partial charge in [-0.1, -0.05) is 18.2 Å². The van der Waals surface area contributed by atoms with Crippen molar-refractivity contribution in [1.82, 2.24) is 19.1 Å². The number of hydrogen-bond acceptors (Lipinski definition) is 4. The summed E-state index contributed by atoms with van der Waals surface area (Å²) in [5.74, 6) is 0. The molecule has 26 heavy (non-hydrogen) atoms. The van der Waals surface area contributed by atoms with Crippen LogP contribution in [-0.4, -0.2) is 19.1 Å². The highest BCUT2D eigenvalue weighted by atomic mass is 32.1. The predicted molar refractivity (Wildman–Crippen MR) is 109 cm³/mol. The van der Waals surface area contributed by atoms with Crippen molar-refractivity contribution in [3.05, 3.63) is 62.5 Å². The summed E-state index contributed by atoms with van der Waals surface area (Å²) in [7, 11) is 0. The molecule has 1 aliphatic carbocycles. The first kappa shape index (κ1) is 17.2. The van der Waals surface area contributed by atoms with E-state index in [1.165, 1.54) is 5.57 Å². The molecule has 0 spiro atoms. The molecule has 3 heterocycles. The SMILES string of the molecule is Cc1cn(CCCn2c(=S)[nH]c3sc(C4=CCCC=C4)cc3c2=O)cn1. The maximum atomic E-state index is 12.9. The minimum atomic E-state index is -0.00606. The number of imidazole rings is 1. The van der Waals surface area contributed by atoms with Crippen molar-refractivity contribution in [2.75, 3.05) is 0 Å². The second-order valence-electron chi connectivity index (χ2n) is 6.49. The third kappa shape index (κ3) is 3.37. The van der Waals surface area contributed by atoms with Crippen molar-refractivity contribution < 1.29 is 0 Å². The van der Waals surface area contributed by atoms with E-state index in [-0.39, 0.29) is 5.56 Å². The molecule has 1 aliphatic rings. The predicted octanol–water partition coefficient (Wildman–Crippen LogP) is 4.45. The minimum absolute atomic E-state index is 0.00606. The number of allylic oxidation sites excluding steroid dienone is 4. The fraction of sp³-hybridized carbons (Fsp3) is 0.316. The van der Waals surface area contributed by atoms with Gasteiger partial charge >= 0.3 is 0 Å². The zero-order valence-corrected chi connectivity index (χ0v) is 16.2. The van der Waals surface area contributed by atoms with Crippen LogP contribution in [0.5, 0.6) is 0 Å². The van der Waals surface area contributed by atoms with Crippen LogP contribution in [-0.2, 0) is 13.1 Å². The van der Waals surface area contributed by atoms with E-state index in [9.17, 15) is 4.79 Å². The third-order valence-electron chi connectivity index (χ3n) is 4.51. The lowest BCUT2D eigenvalue weighted by molar-refractivity contribution is 0.546. The van der Waals surface area contributed by atoms with Crippen molar-refractivity contribution in [3.8, 4) is 0 Å². The summed E-state index contributed by atoms with van der Waals surface area (Å²) in [5, 5.41) is 0.719. The standard InChI is InChI=1S/C19H20N4OS2/c1-13-11-22(12-20-13)8-5-9-23-18(24)15-10-16(14-6-3-2-4-7-14)26-17(15)21-19(23)25/h3,6-7,10-12H,2,4-5,8-9H2,1H3,(H,21,25). The lowest BCUT2D eigenvalue weighted by Crippen LogP contribution is -2.22. The molecule has 0 fully saturated rings. The van der Waals surface area contributed by atoms with Gasteiger partial charge in [-0.05, 0) is 50.0 Å². The van der Waals surface area contributed by atoms with Gasteiger partial charge in [-0.25, -0.2) is 4.98 Å². The van der Waals surface area contributed by atoms with Gasteiger partial charge in [-0.2, -0.15) is 0 Å². The van der Waals surface area contributed by atoms with Gasteiger partial charge in [0.25, 0.3) is 5.56 Å². The van der Waals surface area contributed by atoms with Crippen molar-refractivity contribution >= 4 is 39.3 Å². The molecular weight excluding hydrogens is 364 g/mol. The van der Waals surface area contributed by atoms with Crippen molar-refractivity contribution in [2.45, 2.75) is 39.3 Å². The number of hydrogen-bond donors (Lipinski definition) is 1. The second kappa shape index (κ2) is 7.17. The first-order valence-electron chi connectivity index (χ1n) is 8.74. The maximum absolute atomic E-state index is 12.9. The van der Waals surface area contributed by atoms with Crippen LogP contribution in [0.2, 0.25) is 0 Å². The Labute approximate surface area is 160 Å². The molecule has 0 bridgehead atoms. The lowest BCUT2D eigenvalue weighted by Gasteiger charge is -2.06. The van der Waals surface area contributed by atoms with E-state index < -0.39 is 0 Å². The Morgan fingerprint density at radius 3 is 2.96 bits per heavy atom. The maximum Gasteiger partial charge on any atom is 0.263 e. The minimum Gasteiger partial charge on any atom is -0.337 e. The molecule has 7 heteroatoms. The summed E-state index contributed by atoms with van der Waals surface area (Å²) < 4.78 is 4.20. The molecule has 5 nitrogen and oxygen atoms in total. The zero-order chi connectivity index (χ0) is 18.1. The number of nitrogens with zero attached hydrogens (tertiary/aromatic N) is 3. The first-order chi connectivity index (χ1) is 12.6. The number of H-pyrrole nitrogens is 1. The van der Waals surface area contributed by atoms with E-state index in [1.54, 1.807) is 15.9 Å². The molecule has 0 aromatic carbocycles. The number of nitrogens with one attached hydrogen (secondary N) is 1. The Balaban J connectivity index is 1.61. The van der Waals surface area contributed by atoms with Gasteiger partial charge in [0.2, 0.25) is 0 Å². The highest BCUT2D eigenvalue weighted by Gasteiger charge is 2.12. The van der Waals surface area contributed by atoms with E-state index in [1.807, 2.05) is 30.1 Å². The molecule has 0 saturated carbocycles. The monoisotopic (exact) mass is 384 g/mol. The number of aromatic amines is 1. The third-order valence-corrected chi connectivity index (χ3v) is 5.94. The summed E-state index contributed by atoms with van der Waals surface area (Å²) in [5.41, 5.74) is 2.18. The van der Waals surface area contributed by atoms with Crippen LogP contribution >= 0.6 is 23.6 Å². The van der Waals surface area contributed by atoms with Gasteiger partial charge in [0.15, 0.2) is 4.77 Å². The number of fused-ring (bicyclic) bond motifs is 1. The zero-order valence-electron chi connectivity index (χ0n) is 14.6. The average Bonchev–Trinajstić information content (AvgIpc) is 3.25. The molecule has 4 rings (SSSR count). The van der Waals surface area contributed by atoms with E-state index in [0.29, 0.717) is 11.3 Å². The molecule has 0 aliphatic heterocycles. The van der Waals surface area contributed by atoms with Crippen molar-refractivity contribution in [3.63, 3.8) is 0 Å². The molecule has 134 valence electrons. The van der Waals surface area contributed by atoms with Crippen LogP contribution in [0.25, 0.3) is 15.8 Å². The van der Waals surface area contributed by atoms with Gasteiger partial charge in [0.1, 0.15) is 4.83 Å². The highest BCUT2D eigenvalue weighted by Crippen LogP contribution is 2.30. The van der Waals surface area contributed by atoms with E-state index in [2.05, 4.69) is 28.2 Å². The van der Waals surface area contributed by atoms with Crippen LogP contribution in [0.4, 0.5) is 0 Å². The fourth-order valence-electron chi connectivity index (χ4n) is 3.19. The Bertz CT molecular complexity index is 1130. The Kier molecular flexibility index (Phi) is 4.74. The summed E-state index contributed by atoms with van der Waals surface area (Å²) in [6.45, 7) is 3.37. The Morgan fingerprint density at radius 1 is 1.35 bits per heavy atom. The molecule has 3 aromatic heterocycles. The van der Waals surface area contributed by atoms with Gasteiger partial charge in [-0.15, -0.1) is 11.3 Å². The number of aromatic nitrogens is 4. The summed E-state index contributed by atoms with van der Waals surface area (Å²) >= 11 is 7.03. The highest BCUT2D eigenvalue weighted by molar-refractivity contribution is 7.71. The topological polar surface area (TPSA) is 55.6 Å². The van der Waals surface area contributed by atoms with Gasteiger partial charge < -0.3 is 9.55 Å².